The van der Waals surface area contributed by atoms with E-state index in [9.17, 15) is 9.59 Å². The summed E-state index contributed by atoms with van der Waals surface area (Å²) in [7, 11) is 0. The van der Waals surface area contributed by atoms with Crippen molar-refractivity contribution in [3.8, 4) is 0 Å². The lowest BCUT2D eigenvalue weighted by molar-refractivity contribution is 0.0162. The van der Waals surface area contributed by atoms with Gasteiger partial charge in [0.2, 0.25) is 0 Å². The van der Waals surface area contributed by atoms with E-state index in [-0.39, 0.29) is 17.9 Å². The molecule has 0 bridgehead atoms. The molecule has 3 aromatic rings. The highest BCUT2D eigenvalue weighted by Crippen LogP contribution is 2.28. The predicted octanol–water partition coefficient (Wildman–Crippen LogP) is 4.40. The van der Waals surface area contributed by atoms with Crippen LogP contribution < -0.4 is 10.6 Å². The lowest BCUT2D eigenvalue weighted by Crippen LogP contribution is -2.44. The van der Waals surface area contributed by atoms with Gasteiger partial charge < -0.3 is 15.4 Å². The van der Waals surface area contributed by atoms with Gasteiger partial charge in [-0.1, -0.05) is 48.0 Å². The van der Waals surface area contributed by atoms with Gasteiger partial charge in [-0.15, -0.1) is 0 Å². The van der Waals surface area contributed by atoms with E-state index in [4.69, 9.17) is 16.3 Å². The fourth-order valence-electron chi connectivity index (χ4n) is 3.86. The molecule has 6 nitrogen and oxygen atoms in total. The molecule has 3 aromatic carbocycles. The van der Waals surface area contributed by atoms with Gasteiger partial charge in [0, 0.05) is 41.5 Å². The van der Waals surface area contributed by atoms with Gasteiger partial charge in [0.25, 0.3) is 11.8 Å². The molecular weight excluding hydrogens is 438 g/mol. The molecule has 1 heterocycles. The third-order valence-corrected chi connectivity index (χ3v) is 5.99. The highest BCUT2D eigenvalue weighted by Gasteiger charge is 2.25. The van der Waals surface area contributed by atoms with Crippen LogP contribution in [0.5, 0.6) is 0 Å². The van der Waals surface area contributed by atoms with E-state index in [0.717, 1.165) is 18.7 Å². The first-order chi connectivity index (χ1) is 16.1. The van der Waals surface area contributed by atoms with Crippen LogP contribution in [-0.2, 0) is 4.74 Å². The Kier molecular flexibility index (Phi) is 7.73. The molecule has 0 spiro atoms. The third kappa shape index (κ3) is 5.99. The third-order valence-electron chi connectivity index (χ3n) is 5.65. The molecular formula is C26H26ClN3O3. The van der Waals surface area contributed by atoms with E-state index >= 15 is 0 Å². The number of rotatable bonds is 7. The van der Waals surface area contributed by atoms with Gasteiger partial charge in [-0.2, -0.15) is 0 Å². The van der Waals surface area contributed by atoms with E-state index in [2.05, 4.69) is 15.5 Å². The van der Waals surface area contributed by atoms with E-state index in [1.54, 1.807) is 36.4 Å². The monoisotopic (exact) mass is 463 g/mol. The number of morpholine rings is 1. The molecule has 2 N–H and O–H groups in total. The van der Waals surface area contributed by atoms with Gasteiger partial charge in [0.15, 0.2) is 0 Å². The van der Waals surface area contributed by atoms with Gasteiger partial charge in [-0.25, -0.2) is 0 Å². The minimum absolute atomic E-state index is 0.0454. The van der Waals surface area contributed by atoms with Crippen molar-refractivity contribution in [3.05, 3.63) is 101 Å². The summed E-state index contributed by atoms with van der Waals surface area (Å²) in [4.78, 5) is 27.4. The zero-order valence-electron chi connectivity index (χ0n) is 18.2. The molecule has 4 rings (SSSR count). The van der Waals surface area contributed by atoms with E-state index in [0.29, 0.717) is 41.6 Å². The standard InChI is InChI=1S/C26H26ClN3O3/c27-23-9-5-4-8-22(23)24(30-14-16-33-17-15-30)18-28-25(31)20-10-12-21(13-11-20)29-26(32)19-6-2-1-3-7-19/h1-13,24H,14-18H2,(H,28,31)(H,29,32). The number of hydrogen-bond donors (Lipinski definition) is 2. The molecule has 0 aromatic heterocycles. The van der Waals surface area contributed by atoms with Crippen LogP contribution in [0.15, 0.2) is 78.9 Å². The minimum atomic E-state index is -0.194. The van der Waals surface area contributed by atoms with Crippen LogP contribution in [0, 0.1) is 0 Å². The van der Waals surface area contributed by atoms with Crippen molar-refractivity contribution in [2.24, 2.45) is 0 Å². The summed E-state index contributed by atoms with van der Waals surface area (Å²) in [6.07, 6.45) is 0. The summed E-state index contributed by atoms with van der Waals surface area (Å²) in [6, 6.07) is 23.5. The smallest absolute Gasteiger partial charge is 0.255 e. The summed E-state index contributed by atoms with van der Waals surface area (Å²) in [5, 5.41) is 6.56. The quantitative estimate of drug-likeness (QED) is 0.545. The SMILES string of the molecule is O=C(NCC(c1ccccc1Cl)N1CCOCC1)c1ccc(NC(=O)c2ccccc2)cc1. The Labute approximate surface area is 198 Å². The van der Waals surface area contributed by atoms with Crippen molar-refractivity contribution < 1.29 is 14.3 Å². The number of nitrogens with one attached hydrogen (secondary N) is 2. The van der Waals surface area contributed by atoms with Crippen LogP contribution in [0.3, 0.4) is 0 Å². The molecule has 170 valence electrons. The van der Waals surface area contributed by atoms with Gasteiger partial charge in [-0.3, -0.25) is 14.5 Å². The zero-order valence-corrected chi connectivity index (χ0v) is 18.9. The fraction of sp³-hybridized carbons (Fsp3) is 0.231. The summed E-state index contributed by atoms with van der Waals surface area (Å²) >= 11 is 6.47. The maximum atomic E-state index is 12.8. The van der Waals surface area contributed by atoms with Gasteiger partial charge in [0.1, 0.15) is 0 Å². The summed E-state index contributed by atoms with van der Waals surface area (Å²) in [6.45, 7) is 3.30. The second-order valence-electron chi connectivity index (χ2n) is 7.79. The maximum Gasteiger partial charge on any atom is 0.255 e. The first-order valence-electron chi connectivity index (χ1n) is 10.9. The van der Waals surface area contributed by atoms with E-state index in [1.165, 1.54) is 0 Å². The molecule has 1 atom stereocenters. The van der Waals surface area contributed by atoms with Crippen LogP contribution in [-0.4, -0.2) is 49.6 Å². The Morgan fingerprint density at radius 3 is 2.18 bits per heavy atom. The van der Waals surface area contributed by atoms with Gasteiger partial charge in [0.05, 0.1) is 19.3 Å². The number of carbonyl (C=O) groups is 2. The molecule has 1 unspecified atom stereocenters. The topological polar surface area (TPSA) is 70.7 Å². The number of anilines is 1. The average Bonchev–Trinajstić information content (AvgIpc) is 2.86. The first kappa shape index (κ1) is 23.0. The van der Waals surface area contributed by atoms with Crippen molar-refractivity contribution in [1.82, 2.24) is 10.2 Å². The molecule has 7 heteroatoms. The summed E-state index contributed by atoms with van der Waals surface area (Å²) < 4.78 is 5.49. The molecule has 1 fully saturated rings. The maximum absolute atomic E-state index is 12.8. The largest absolute Gasteiger partial charge is 0.379 e. The van der Waals surface area contributed by atoms with Gasteiger partial charge in [-0.05, 0) is 48.0 Å². The number of nitrogens with zero attached hydrogens (tertiary/aromatic N) is 1. The molecule has 2 amide bonds. The van der Waals surface area contributed by atoms with E-state index < -0.39 is 0 Å². The van der Waals surface area contributed by atoms with Crippen molar-refractivity contribution in [3.63, 3.8) is 0 Å². The number of ether oxygens (including phenoxy) is 1. The molecule has 1 saturated heterocycles. The molecule has 0 saturated carbocycles. The lowest BCUT2D eigenvalue weighted by atomic mass is 10.0. The Balaban J connectivity index is 1.40. The highest BCUT2D eigenvalue weighted by molar-refractivity contribution is 6.31. The Morgan fingerprint density at radius 2 is 1.48 bits per heavy atom. The van der Waals surface area contributed by atoms with Crippen molar-refractivity contribution in [2.45, 2.75) is 6.04 Å². The lowest BCUT2D eigenvalue weighted by Gasteiger charge is -2.35. The number of hydrogen-bond acceptors (Lipinski definition) is 4. The van der Waals surface area contributed by atoms with Crippen molar-refractivity contribution in [1.29, 1.82) is 0 Å². The number of halogens is 1. The van der Waals surface area contributed by atoms with Crippen LogP contribution >= 0.6 is 11.6 Å². The molecule has 1 aliphatic heterocycles. The number of benzene rings is 3. The molecule has 1 aliphatic rings. The molecule has 0 radical (unpaired) electrons. The second kappa shape index (κ2) is 11.1. The Morgan fingerprint density at radius 1 is 0.848 bits per heavy atom. The van der Waals surface area contributed by atoms with E-state index in [1.807, 2.05) is 42.5 Å². The number of amides is 2. The molecule has 0 aliphatic carbocycles. The zero-order chi connectivity index (χ0) is 23.0. The normalized spacial score (nSPS) is 14.9. The van der Waals surface area contributed by atoms with Crippen LogP contribution in [0.1, 0.15) is 32.3 Å². The molecule has 33 heavy (non-hydrogen) atoms. The second-order valence-corrected chi connectivity index (χ2v) is 8.20. The van der Waals surface area contributed by atoms with Gasteiger partial charge >= 0.3 is 0 Å². The van der Waals surface area contributed by atoms with Crippen LogP contribution in [0.25, 0.3) is 0 Å². The summed E-state index contributed by atoms with van der Waals surface area (Å²) in [5.41, 5.74) is 2.71. The average molecular weight is 464 g/mol. The fourth-order valence-corrected chi connectivity index (χ4v) is 4.12. The van der Waals surface area contributed by atoms with Crippen molar-refractivity contribution >= 4 is 29.1 Å². The first-order valence-corrected chi connectivity index (χ1v) is 11.3. The minimum Gasteiger partial charge on any atom is -0.379 e. The number of carbonyl (C=O) groups excluding carboxylic acids is 2. The predicted molar refractivity (Wildman–Crippen MR) is 130 cm³/mol. The van der Waals surface area contributed by atoms with Crippen molar-refractivity contribution in [2.75, 3.05) is 38.2 Å². The van der Waals surface area contributed by atoms with Crippen LogP contribution in [0.4, 0.5) is 5.69 Å². The summed E-state index contributed by atoms with van der Waals surface area (Å²) in [5.74, 6) is -0.373. The highest BCUT2D eigenvalue weighted by atomic mass is 35.5. The Bertz CT molecular complexity index is 1080. The Hall–Kier alpha value is -3.19. The van der Waals surface area contributed by atoms with Crippen LogP contribution in [0.2, 0.25) is 5.02 Å².